The molecular weight excluding hydrogens is 372 g/mol. The highest BCUT2D eigenvalue weighted by atomic mass is 35.5. The summed E-state index contributed by atoms with van der Waals surface area (Å²) in [7, 11) is -3.13. The van der Waals surface area contributed by atoms with Gasteiger partial charge >= 0.3 is 0 Å². The van der Waals surface area contributed by atoms with Gasteiger partial charge in [-0.1, -0.05) is 38.3 Å². The molecule has 1 amide bonds. The molecule has 1 unspecified atom stereocenters. The Labute approximate surface area is 162 Å². The average molecular weight is 401 g/mol. The quantitative estimate of drug-likeness (QED) is 0.769. The lowest BCUT2D eigenvalue weighted by atomic mass is 9.88. The zero-order chi connectivity index (χ0) is 17.9. The number of amides is 1. The Bertz CT molecular complexity index is 713. The van der Waals surface area contributed by atoms with Gasteiger partial charge in [-0.3, -0.25) is 4.79 Å². The monoisotopic (exact) mass is 400 g/mol. The van der Waals surface area contributed by atoms with Crippen LogP contribution in [0.1, 0.15) is 44.6 Å². The van der Waals surface area contributed by atoms with Gasteiger partial charge in [0.15, 0.2) is 9.84 Å². The molecule has 1 aliphatic heterocycles. The van der Waals surface area contributed by atoms with Gasteiger partial charge in [-0.25, -0.2) is 8.42 Å². The molecule has 5 nitrogen and oxygen atoms in total. The first-order valence-corrected chi connectivity index (χ1v) is 11.0. The van der Waals surface area contributed by atoms with E-state index in [9.17, 15) is 13.2 Å². The Morgan fingerprint density at radius 2 is 1.92 bits per heavy atom. The molecule has 1 atom stereocenters. The number of hydrogen-bond acceptors (Lipinski definition) is 4. The molecule has 1 saturated heterocycles. The van der Waals surface area contributed by atoms with Crippen molar-refractivity contribution in [1.29, 1.82) is 0 Å². The maximum Gasteiger partial charge on any atom is 0.227 e. The van der Waals surface area contributed by atoms with E-state index in [1.54, 1.807) is 6.07 Å². The number of sulfone groups is 1. The van der Waals surface area contributed by atoms with Crippen molar-refractivity contribution in [2.24, 2.45) is 11.8 Å². The molecule has 1 aromatic rings. The van der Waals surface area contributed by atoms with Crippen LogP contribution in [0.4, 0.5) is 5.69 Å². The molecule has 2 N–H and O–H groups in total. The molecule has 2 aliphatic rings. The fraction of sp³-hybridized carbons (Fsp3) is 0.632. The van der Waals surface area contributed by atoms with Crippen molar-refractivity contribution < 1.29 is 13.2 Å². The van der Waals surface area contributed by atoms with Crippen molar-refractivity contribution in [2.75, 3.05) is 18.4 Å². The Morgan fingerprint density at radius 3 is 2.54 bits per heavy atom. The minimum atomic E-state index is -3.13. The molecule has 0 spiro atoms. The first-order valence-electron chi connectivity index (χ1n) is 9.28. The summed E-state index contributed by atoms with van der Waals surface area (Å²) in [5.41, 5.74) is 1.43. The van der Waals surface area contributed by atoms with Gasteiger partial charge in [0.25, 0.3) is 0 Å². The third-order valence-electron chi connectivity index (χ3n) is 5.56. The number of carbonyl (C=O) groups excluding carboxylic acids is 1. The van der Waals surface area contributed by atoms with Crippen LogP contribution in [0, 0.1) is 11.8 Å². The highest BCUT2D eigenvalue weighted by Crippen LogP contribution is 2.27. The second-order valence-corrected chi connectivity index (χ2v) is 9.74. The average Bonchev–Trinajstić information content (AvgIpc) is 2.54. The second kappa shape index (κ2) is 9.20. The molecular formula is C19H29ClN2O3S. The molecule has 0 bridgehead atoms. The molecule has 1 saturated carbocycles. The molecule has 0 radical (unpaired) electrons. The summed E-state index contributed by atoms with van der Waals surface area (Å²) >= 11 is 0. The van der Waals surface area contributed by atoms with Crippen molar-refractivity contribution in [3.8, 4) is 0 Å². The van der Waals surface area contributed by atoms with Crippen LogP contribution in [0.5, 0.6) is 0 Å². The highest BCUT2D eigenvalue weighted by molar-refractivity contribution is 7.91. The van der Waals surface area contributed by atoms with Gasteiger partial charge in [0.05, 0.1) is 11.0 Å². The minimum Gasteiger partial charge on any atom is -0.326 e. The SMILES string of the molecule is CC(C(=O)Nc1cccc(CS(=O)(=O)C2CCCCC2)c1)C1CNC1.Cl. The van der Waals surface area contributed by atoms with Crippen LogP contribution >= 0.6 is 12.4 Å². The van der Waals surface area contributed by atoms with Gasteiger partial charge in [-0.05, 0) is 49.5 Å². The van der Waals surface area contributed by atoms with E-state index in [1.165, 1.54) is 0 Å². The largest absolute Gasteiger partial charge is 0.326 e. The topological polar surface area (TPSA) is 75.3 Å². The van der Waals surface area contributed by atoms with Crippen molar-refractivity contribution in [3.63, 3.8) is 0 Å². The fourth-order valence-corrected chi connectivity index (χ4v) is 5.58. The molecule has 146 valence electrons. The van der Waals surface area contributed by atoms with Crippen LogP contribution in [-0.2, 0) is 20.4 Å². The lowest BCUT2D eigenvalue weighted by Crippen LogP contribution is -2.48. The minimum absolute atomic E-state index is 0. The summed E-state index contributed by atoms with van der Waals surface area (Å²) in [6.45, 7) is 3.71. The Morgan fingerprint density at radius 1 is 1.23 bits per heavy atom. The highest BCUT2D eigenvalue weighted by Gasteiger charge is 2.29. The Kier molecular flexibility index (Phi) is 7.50. The lowest BCUT2D eigenvalue weighted by molar-refractivity contribution is -0.121. The number of nitrogens with one attached hydrogen (secondary N) is 2. The number of hydrogen-bond donors (Lipinski definition) is 2. The summed E-state index contributed by atoms with van der Waals surface area (Å²) in [4.78, 5) is 12.3. The van der Waals surface area contributed by atoms with Crippen LogP contribution in [0.25, 0.3) is 0 Å². The van der Waals surface area contributed by atoms with Crippen molar-refractivity contribution in [3.05, 3.63) is 29.8 Å². The number of anilines is 1. The number of carbonyl (C=O) groups is 1. The standard InChI is InChI=1S/C19H28N2O3S.ClH/c1-14(16-11-20-12-16)19(22)21-17-7-5-6-15(10-17)13-25(23,24)18-8-3-2-4-9-18;/h5-7,10,14,16,18,20H,2-4,8-9,11-13H2,1H3,(H,21,22);1H. The molecule has 0 aromatic heterocycles. The van der Waals surface area contributed by atoms with E-state index >= 15 is 0 Å². The van der Waals surface area contributed by atoms with E-state index in [0.717, 1.165) is 50.8 Å². The van der Waals surface area contributed by atoms with Crippen LogP contribution in [0.2, 0.25) is 0 Å². The van der Waals surface area contributed by atoms with Crippen LogP contribution in [0.15, 0.2) is 24.3 Å². The fourth-order valence-electron chi connectivity index (χ4n) is 3.65. The van der Waals surface area contributed by atoms with Crippen molar-refractivity contribution in [1.82, 2.24) is 5.32 Å². The third kappa shape index (κ3) is 5.21. The molecule has 1 aromatic carbocycles. The van der Waals surface area contributed by atoms with Gasteiger partial charge in [0.1, 0.15) is 0 Å². The van der Waals surface area contributed by atoms with E-state index in [-0.39, 0.29) is 35.2 Å². The van der Waals surface area contributed by atoms with E-state index in [0.29, 0.717) is 11.6 Å². The molecule has 1 aliphatic carbocycles. The van der Waals surface area contributed by atoms with Crippen LogP contribution < -0.4 is 10.6 Å². The van der Waals surface area contributed by atoms with E-state index in [4.69, 9.17) is 0 Å². The molecule has 2 fully saturated rings. The maximum atomic E-state index is 12.6. The maximum absolute atomic E-state index is 12.6. The number of halogens is 1. The summed E-state index contributed by atoms with van der Waals surface area (Å²) in [5, 5.41) is 5.91. The number of benzene rings is 1. The van der Waals surface area contributed by atoms with Gasteiger partial charge in [0.2, 0.25) is 5.91 Å². The van der Waals surface area contributed by atoms with Crippen molar-refractivity contribution in [2.45, 2.75) is 50.0 Å². The number of rotatable bonds is 6. The predicted octanol–water partition coefficient (Wildman–Crippen LogP) is 3.15. The summed E-state index contributed by atoms with van der Waals surface area (Å²) < 4.78 is 25.3. The van der Waals surface area contributed by atoms with Crippen LogP contribution in [-0.4, -0.2) is 32.7 Å². The van der Waals surface area contributed by atoms with Crippen LogP contribution in [0.3, 0.4) is 0 Å². The molecule has 3 rings (SSSR count). The molecule has 26 heavy (non-hydrogen) atoms. The van der Waals surface area contributed by atoms with Gasteiger partial charge < -0.3 is 10.6 Å². The predicted molar refractivity (Wildman–Crippen MR) is 107 cm³/mol. The first kappa shape index (κ1) is 21.2. The Balaban J connectivity index is 0.00000243. The lowest BCUT2D eigenvalue weighted by Gasteiger charge is -2.31. The Hall–Kier alpha value is -1.11. The zero-order valence-corrected chi connectivity index (χ0v) is 16.9. The van der Waals surface area contributed by atoms with E-state index in [1.807, 2.05) is 25.1 Å². The van der Waals surface area contributed by atoms with E-state index < -0.39 is 9.84 Å². The van der Waals surface area contributed by atoms with E-state index in [2.05, 4.69) is 10.6 Å². The summed E-state index contributed by atoms with van der Waals surface area (Å²) in [6, 6.07) is 7.26. The summed E-state index contributed by atoms with van der Waals surface area (Å²) in [6.07, 6.45) is 4.72. The van der Waals surface area contributed by atoms with Gasteiger partial charge in [0, 0.05) is 11.6 Å². The third-order valence-corrected chi connectivity index (χ3v) is 7.78. The van der Waals surface area contributed by atoms with Gasteiger partial charge in [-0.2, -0.15) is 0 Å². The van der Waals surface area contributed by atoms with Crippen molar-refractivity contribution >= 4 is 33.8 Å². The smallest absolute Gasteiger partial charge is 0.227 e. The second-order valence-electron chi connectivity index (χ2n) is 7.46. The normalized spacial score (nSPS) is 19.9. The van der Waals surface area contributed by atoms with Gasteiger partial charge in [-0.15, -0.1) is 12.4 Å². The first-order chi connectivity index (χ1) is 12.0. The molecule has 1 heterocycles. The zero-order valence-electron chi connectivity index (χ0n) is 15.2. The molecule has 7 heteroatoms. The summed E-state index contributed by atoms with van der Waals surface area (Å²) in [5.74, 6) is 0.397.